The van der Waals surface area contributed by atoms with E-state index in [1.165, 1.54) is 12.8 Å². The fourth-order valence-electron chi connectivity index (χ4n) is 2.14. The summed E-state index contributed by atoms with van der Waals surface area (Å²) in [4.78, 5) is 14.2. The van der Waals surface area contributed by atoms with E-state index in [2.05, 4.69) is 10.2 Å². The summed E-state index contributed by atoms with van der Waals surface area (Å²) >= 11 is 5.98. The van der Waals surface area contributed by atoms with Crippen molar-refractivity contribution in [3.8, 4) is 0 Å². The van der Waals surface area contributed by atoms with Crippen LogP contribution in [0.4, 0.5) is 5.69 Å². The molecule has 1 aromatic rings. The van der Waals surface area contributed by atoms with Crippen LogP contribution in [-0.2, 0) is 0 Å². The normalized spacial score (nSPS) is 15.0. The molecule has 0 radical (unpaired) electrons. The van der Waals surface area contributed by atoms with Crippen molar-refractivity contribution in [2.24, 2.45) is 0 Å². The van der Waals surface area contributed by atoms with Gasteiger partial charge in [-0.2, -0.15) is 0 Å². The molecule has 1 saturated heterocycles. The third-order valence-electron chi connectivity index (χ3n) is 3.15. The molecule has 1 amide bonds. The van der Waals surface area contributed by atoms with Crippen LogP contribution in [-0.4, -0.2) is 37.0 Å². The van der Waals surface area contributed by atoms with Crippen LogP contribution in [0.25, 0.3) is 0 Å². The molecule has 4 nitrogen and oxygen atoms in total. The van der Waals surface area contributed by atoms with Gasteiger partial charge in [-0.25, -0.2) is 0 Å². The molecule has 0 unspecified atom stereocenters. The second-order valence-electron chi connectivity index (χ2n) is 4.54. The first-order valence-corrected chi connectivity index (χ1v) is 6.60. The van der Waals surface area contributed by atoms with E-state index in [0.717, 1.165) is 19.6 Å². The zero-order valence-corrected chi connectivity index (χ0v) is 12.3. The topological polar surface area (TPSA) is 58.4 Å². The molecule has 19 heavy (non-hydrogen) atoms. The Morgan fingerprint density at radius 1 is 1.37 bits per heavy atom. The van der Waals surface area contributed by atoms with Crippen molar-refractivity contribution < 1.29 is 4.79 Å². The molecule has 1 heterocycles. The van der Waals surface area contributed by atoms with Crippen molar-refractivity contribution in [3.63, 3.8) is 0 Å². The fourth-order valence-corrected chi connectivity index (χ4v) is 2.42. The van der Waals surface area contributed by atoms with Crippen molar-refractivity contribution in [1.29, 1.82) is 0 Å². The van der Waals surface area contributed by atoms with Crippen LogP contribution in [0.3, 0.4) is 0 Å². The Balaban J connectivity index is 0.00000180. The van der Waals surface area contributed by atoms with Gasteiger partial charge in [0.05, 0.1) is 10.6 Å². The maximum absolute atomic E-state index is 11.9. The van der Waals surface area contributed by atoms with Crippen molar-refractivity contribution in [2.75, 3.05) is 31.9 Å². The minimum Gasteiger partial charge on any atom is -0.399 e. The van der Waals surface area contributed by atoms with Gasteiger partial charge < -0.3 is 16.0 Å². The zero-order chi connectivity index (χ0) is 13.0. The molecule has 0 aromatic heterocycles. The Hall–Kier alpha value is -0.970. The van der Waals surface area contributed by atoms with E-state index < -0.39 is 0 Å². The minimum absolute atomic E-state index is 0. The first-order valence-electron chi connectivity index (χ1n) is 6.22. The minimum atomic E-state index is -0.140. The van der Waals surface area contributed by atoms with Gasteiger partial charge in [-0.1, -0.05) is 11.6 Å². The van der Waals surface area contributed by atoms with Crippen LogP contribution in [0.5, 0.6) is 0 Å². The van der Waals surface area contributed by atoms with Crippen molar-refractivity contribution in [1.82, 2.24) is 10.2 Å². The molecule has 1 aliphatic rings. The van der Waals surface area contributed by atoms with E-state index in [9.17, 15) is 4.79 Å². The lowest BCUT2D eigenvalue weighted by atomic mass is 10.2. The molecule has 0 aliphatic carbocycles. The second-order valence-corrected chi connectivity index (χ2v) is 4.95. The zero-order valence-electron chi connectivity index (χ0n) is 10.7. The molecular formula is C13H19Cl2N3O. The molecule has 0 saturated carbocycles. The number of hydrogen-bond donors (Lipinski definition) is 2. The van der Waals surface area contributed by atoms with Crippen LogP contribution >= 0.6 is 24.0 Å². The van der Waals surface area contributed by atoms with Gasteiger partial charge in [0.1, 0.15) is 0 Å². The maximum Gasteiger partial charge on any atom is 0.252 e. The molecule has 1 fully saturated rings. The quantitative estimate of drug-likeness (QED) is 0.838. The number of amides is 1. The second kappa shape index (κ2) is 7.58. The van der Waals surface area contributed by atoms with Crippen molar-refractivity contribution in [3.05, 3.63) is 28.8 Å². The van der Waals surface area contributed by atoms with Crippen molar-refractivity contribution >= 4 is 35.6 Å². The SMILES string of the molecule is Cl.Nc1ccc(C(=O)NCCN2CCCC2)c(Cl)c1. The van der Waals surface area contributed by atoms with Crippen LogP contribution < -0.4 is 11.1 Å². The summed E-state index contributed by atoms with van der Waals surface area (Å²) in [6.07, 6.45) is 2.52. The molecule has 0 atom stereocenters. The average molecular weight is 304 g/mol. The van der Waals surface area contributed by atoms with Gasteiger partial charge in [0.15, 0.2) is 0 Å². The number of rotatable bonds is 4. The van der Waals surface area contributed by atoms with E-state index in [1.807, 2.05) is 0 Å². The number of anilines is 1. The van der Waals surface area contributed by atoms with E-state index in [1.54, 1.807) is 18.2 Å². The van der Waals surface area contributed by atoms with Gasteiger partial charge >= 0.3 is 0 Å². The Morgan fingerprint density at radius 2 is 2.05 bits per heavy atom. The van der Waals surface area contributed by atoms with Crippen LogP contribution in [0, 0.1) is 0 Å². The smallest absolute Gasteiger partial charge is 0.252 e. The number of nitrogens with two attached hydrogens (primary N) is 1. The number of halogens is 2. The van der Waals surface area contributed by atoms with E-state index >= 15 is 0 Å². The Bertz CT molecular complexity index is 434. The largest absolute Gasteiger partial charge is 0.399 e. The van der Waals surface area contributed by atoms with Crippen LogP contribution in [0.15, 0.2) is 18.2 Å². The highest BCUT2D eigenvalue weighted by Crippen LogP contribution is 2.18. The number of carbonyl (C=O) groups excluding carboxylic acids is 1. The monoisotopic (exact) mass is 303 g/mol. The number of hydrogen-bond acceptors (Lipinski definition) is 3. The first kappa shape index (κ1) is 16.1. The number of carbonyl (C=O) groups is 1. The number of likely N-dealkylation sites (tertiary alicyclic amines) is 1. The predicted octanol–water partition coefficient (Wildman–Crippen LogP) is 2.17. The Morgan fingerprint density at radius 3 is 2.68 bits per heavy atom. The van der Waals surface area contributed by atoms with E-state index in [0.29, 0.717) is 22.8 Å². The lowest BCUT2D eigenvalue weighted by Gasteiger charge is -2.15. The standard InChI is InChI=1S/C13H18ClN3O.ClH/c14-12-9-10(15)3-4-11(12)13(18)16-5-8-17-6-1-2-7-17;/h3-4,9H,1-2,5-8,15H2,(H,16,18);1H. The maximum atomic E-state index is 11.9. The molecular weight excluding hydrogens is 285 g/mol. The third kappa shape index (κ3) is 4.56. The lowest BCUT2D eigenvalue weighted by Crippen LogP contribution is -2.33. The summed E-state index contributed by atoms with van der Waals surface area (Å²) in [7, 11) is 0. The molecule has 2 rings (SSSR count). The van der Waals surface area contributed by atoms with Crippen molar-refractivity contribution in [2.45, 2.75) is 12.8 Å². The highest BCUT2D eigenvalue weighted by molar-refractivity contribution is 6.34. The van der Waals surface area contributed by atoms with Crippen LogP contribution in [0.1, 0.15) is 23.2 Å². The summed E-state index contributed by atoms with van der Waals surface area (Å²) < 4.78 is 0. The molecule has 3 N–H and O–H groups in total. The lowest BCUT2D eigenvalue weighted by molar-refractivity contribution is 0.0950. The molecule has 0 bridgehead atoms. The Kier molecular flexibility index (Phi) is 6.42. The van der Waals surface area contributed by atoms with Gasteiger partial charge in [-0.05, 0) is 44.1 Å². The van der Waals surface area contributed by atoms with Gasteiger partial charge in [0.2, 0.25) is 0 Å². The number of nitrogens with one attached hydrogen (secondary N) is 1. The van der Waals surface area contributed by atoms with Gasteiger partial charge in [-0.15, -0.1) is 12.4 Å². The highest BCUT2D eigenvalue weighted by Gasteiger charge is 2.13. The Labute approximate surface area is 124 Å². The van der Waals surface area contributed by atoms with Gasteiger partial charge in [0, 0.05) is 18.8 Å². The fraction of sp³-hybridized carbons (Fsp3) is 0.462. The van der Waals surface area contributed by atoms with E-state index in [4.69, 9.17) is 17.3 Å². The molecule has 1 aromatic carbocycles. The van der Waals surface area contributed by atoms with Gasteiger partial charge in [-0.3, -0.25) is 4.79 Å². The molecule has 0 spiro atoms. The molecule has 1 aliphatic heterocycles. The summed E-state index contributed by atoms with van der Waals surface area (Å²) in [5.41, 5.74) is 6.63. The number of benzene rings is 1. The molecule has 6 heteroatoms. The van der Waals surface area contributed by atoms with Gasteiger partial charge in [0.25, 0.3) is 5.91 Å². The molecule has 106 valence electrons. The summed E-state index contributed by atoms with van der Waals surface area (Å²) in [6, 6.07) is 4.93. The average Bonchev–Trinajstić information content (AvgIpc) is 2.81. The third-order valence-corrected chi connectivity index (χ3v) is 3.46. The first-order chi connectivity index (χ1) is 8.66. The van der Waals surface area contributed by atoms with E-state index in [-0.39, 0.29) is 18.3 Å². The number of nitrogen functional groups attached to an aromatic ring is 1. The summed E-state index contributed by atoms with van der Waals surface area (Å²) in [5.74, 6) is -0.140. The predicted molar refractivity (Wildman–Crippen MR) is 81.1 cm³/mol. The summed E-state index contributed by atoms with van der Waals surface area (Å²) in [6.45, 7) is 3.83. The summed E-state index contributed by atoms with van der Waals surface area (Å²) in [5, 5.41) is 3.28. The number of nitrogens with zero attached hydrogens (tertiary/aromatic N) is 1. The highest BCUT2D eigenvalue weighted by atomic mass is 35.5. The van der Waals surface area contributed by atoms with Crippen LogP contribution in [0.2, 0.25) is 5.02 Å².